The zero-order valence-corrected chi connectivity index (χ0v) is 21.0. The van der Waals surface area contributed by atoms with Gasteiger partial charge in [0, 0.05) is 49.2 Å². The predicted octanol–water partition coefficient (Wildman–Crippen LogP) is 3.61. The van der Waals surface area contributed by atoms with E-state index in [-0.39, 0.29) is 41.3 Å². The van der Waals surface area contributed by atoms with Crippen molar-refractivity contribution in [3.63, 3.8) is 0 Å². The van der Waals surface area contributed by atoms with Crippen molar-refractivity contribution in [3.05, 3.63) is 46.8 Å². The van der Waals surface area contributed by atoms with E-state index in [4.69, 9.17) is 0 Å². The third kappa shape index (κ3) is 4.90. The lowest BCUT2D eigenvalue weighted by atomic mass is 9.97. The van der Waals surface area contributed by atoms with Crippen LogP contribution in [0.25, 0.3) is 0 Å². The molecule has 184 valence electrons. The Kier molecular flexibility index (Phi) is 7.14. The van der Waals surface area contributed by atoms with Gasteiger partial charge in [-0.05, 0) is 70.6 Å². The average molecular weight is 487 g/mol. The predicted molar refractivity (Wildman–Crippen MR) is 131 cm³/mol. The van der Waals surface area contributed by atoms with E-state index in [2.05, 4.69) is 10.3 Å². The van der Waals surface area contributed by atoms with Crippen LogP contribution in [0.5, 0.6) is 0 Å². The number of likely N-dealkylation sites (tertiary alicyclic amines) is 1. The van der Waals surface area contributed by atoms with Crippen LogP contribution >= 0.6 is 0 Å². The maximum atomic E-state index is 13.7. The van der Waals surface area contributed by atoms with Crippen LogP contribution in [0.2, 0.25) is 0 Å². The summed E-state index contributed by atoms with van der Waals surface area (Å²) in [6.45, 7) is 7.23. The van der Waals surface area contributed by atoms with Gasteiger partial charge in [0.2, 0.25) is 15.9 Å². The topological polar surface area (TPSA) is 103 Å². The van der Waals surface area contributed by atoms with Gasteiger partial charge in [0.1, 0.15) is 4.90 Å². The monoisotopic (exact) mass is 486 g/mol. The van der Waals surface area contributed by atoms with E-state index in [0.29, 0.717) is 37.3 Å². The number of nitrogens with one attached hydrogen (secondary N) is 2. The molecule has 0 spiro atoms. The molecule has 2 aliphatic heterocycles. The summed E-state index contributed by atoms with van der Waals surface area (Å²) in [6.07, 6.45) is 3.85. The summed E-state index contributed by atoms with van der Waals surface area (Å²) < 4.78 is 28.8. The minimum atomic E-state index is -3.88. The molecule has 2 saturated heterocycles. The number of rotatable bonds is 5. The molecular formula is C25H34N4O4S. The number of benzene rings is 1. The molecule has 0 atom stereocenters. The smallest absolute Gasteiger partial charge is 0.257 e. The Hall–Kier alpha value is -2.65. The van der Waals surface area contributed by atoms with Crippen molar-refractivity contribution in [2.24, 2.45) is 5.92 Å². The van der Waals surface area contributed by atoms with Crippen molar-refractivity contribution < 1.29 is 18.0 Å². The SMILES string of the molecule is Cc1cccc(NC(=O)C2CCN(S(=O)(=O)c3c(C)[nH]c(C)c3C(=O)N3CCCCC3)CC2)c1. The molecule has 4 rings (SSSR count). The van der Waals surface area contributed by atoms with Crippen molar-refractivity contribution in [1.29, 1.82) is 0 Å². The standard InChI is InChI=1S/C25H34N4O4S/c1-17-8-7-9-21(16-17)27-24(30)20-10-14-29(15-11-20)34(32,33)23-19(3)26-18(2)22(23)25(31)28-12-5-4-6-13-28/h7-9,16,20,26H,4-6,10-15H2,1-3H3,(H,27,30). The lowest BCUT2D eigenvalue weighted by molar-refractivity contribution is -0.120. The summed E-state index contributed by atoms with van der Waals surface area (Å²) in [5.74, 6) is -0.555. The number of H-pyrrole nitrogens is 1. The Morgan fingerprint density at radius 3 is 2.29 bits per heavy atom. The van der Waals surface area contributed by atoms with Gasteiger partial charge in [0.25, 0.3) is 5.91 Å². The van der Waals surface area contributed by atoms with Gasteiger partial charge in [-0.2, -0.15) is 4.31 Å². The van der Waals surface area contributed by atoms with E-state index in [1.165, 1.54) is 4.31 Å². The second kappa shape index (κ2) is 9.92. The first-order valence-electron chi connectivity index (χ1n) is 12.0. The van der Waals surface area contributed by atoms with E-state index in [1.54, 1.807) is 18.7 Å². The van der Waals surface area contributed by atoms with Gasteiger partial charge >= 0.3 is 0 Å². The van der Waals surface area contributed by atoms with Crippen LogP contribution < -0.4 is 5.32 Å². The fraction of sp³-hybridized carbons (Fsp3) is 0.520. The van der Waals surface area contributed by atoms with Crippen molar-refractivity contribution >= 4 is 27.5 Å². The van der Waals surface area contributed by atoms with Crippen LogP contribution in [-0.4, -0.2) is 60.6 Å². The Balaban J connectivity index is 1.48. The summed E-state index contributed by atoms with van der Waals surface area (Å²) in [6, 6.07) is 7.62. The summed E-state index contributed by atoms with van der Waals surface area (Å²) in [4.78, 5) is 31.0. The van der Waals surface area contributed by atoms with Crippen LogP contribution in [0.4, 0.5) is 5.69 Å². The molecule has 8 nitrogen and oxygen atoms in total. The second-order valence-corrected chi connectivity index (χ2v) is 11.3. The lowest BCUT2D eigenvalue weighted by Crippen LogP contribution is -2.42. The van der Waals surface area contributed by atoms with Crippen molar-refractivity contribution in [2.75, 3.05) is 31.5 Å². The number of aryl methyl sites for hydroxylation is 3. The van der Waals surface area contributed by atoms with E-state index in [9.17, 15) is 18.0 Å². The molecule has 9 heteroatoms. The quantitative estimate of drug-likeness (QED) is 0.674. The first kappa shape index (κ1) is 24.5. The van der Waals surface area contributed by atoms with Crippen molar-refractivity contribution in [2.45, 2.75) is 57.8 Å². The Bertz CT molecular complexity index is 1170. The molecule has 2 aromatic rings. The number of hydrogen-bond donors (Lipinski definition) is 2. The van der Waals surface area contributed by atoms with Gasteiger partial charge < -0.3 is 15.2 Å². The molecule has 2 fully saturated rings. The number of anilines is 1. The van der Waals surface area contributed by atoms with Gasteiger partial charge in [0.15, 0.2) is 0 Å². The average Bonchev–Trinajstić information content (AvgIpc) is 3.13. The highest BCUT2D eigenvalue weighted by molar-refractivity contribution is 7.89. The maximum absolute atomic E-state index is 13.7. The number of piperidine rings is 2. The normalized spacial score (nSPS) is 18.1. The third-order valence-electron chi connectivity index (χ3n) is 6.88. The highest BCUT2D eigenvalue weighted by Crippen LogP contribution is 2.31. The summed E-state index contributed by atoms with van der Waals surface area (Å²) in [5.41, 5.74) is 3.14. The molecule has 2 N–H and O–H groups in total. The van der Waals surface area contributed by atoms with E-state index >= 15 is 0 Å². The highest BCUT2D eigenvalue weighted by atomic mass is 32.2. The van der Waals surface area contributed by atoms with Gasteiger partial charge in [-0.15, -0.1) is 0 Å². The fourth-order valence-electron chi connectivity index (χ4n) is 5.05. The molecule has 0 aliphatic carbocycles. The molecule has 1 aromatic carbocycles. The second-order valence-electron chi connectivity index (χ2n) is 9.47. The number of carbonyl (C=O) groups is 2. The molecule has 1 aromatic heterocycles. The van der Waals surface area contributed by atoms with E-state index < -0.39 is 10.0 Å². The van der Waals surface area contributed by atoms with Crippen LogP contribution in [0.15, 0.2) is 29.2 Å². The molecule has 2 aliphatic rings. The first-order valence-corrected chi connectivity index (χ1v) is 13.5. The maximum Gasteiger partial charge on any atom is 0.257 e. The summed E-state index contributed by atoms with van der Waals surface area (Å²) in [5, 5.41) is 2.95. The van der Waals surface area contributed by atoms with Crippen LogP contribution in [-0.2, 0) is 14.8 Å². The zero-order chi connectivity index (χ0) is 24.5. The molecule has 0 unspecified atom stereocenters. The number of aromatic amines is 1. The fourth-order valence-corrected chi connectivity index (χ4v) is 6.93. The Morgan fingerprint density at radius 2 is 1.65 bits per heavy atom. The molecule has 0 bridgehead atoms. The van der Waals surface area contributed by atoms with Gasteiger partial charge in [-0.3, -0.25) is 9.59 Å². The van der Waals surface area contributed by atoms with Crippen molar-refractivity contribution in [3.8, 4) is 0 Å². The lowest BCUT2D eigenvalue weighted by Gasteiger charge is -2.31. The molecule has 3 heterocycles. The molecule has 34 heavy (non-hydrogen) atoms. The number of hydrogen-bond acceptors (Lipinski definition) is 4. The van der Waals surface area contributed by atoms with E-state index in [1.807, 2.05) is 31.2 Å². The van der Waals surface area contributed by atoms with Crippen molar-refractivity contribution in [1.82, 2.24) is 14.2 Å². The zero-order valence-electron chi connectivity index (χ0n) is 20.2. The Labute approximate surface area is 201 Å². The molecule has 0 saturated carbocycles. The number of sulfonamides is 1. The third-order valence-corrected chi connectivity index (χ3v) is 8.95. The number of amides is 2. The minimum absolute atomic E-state index is 0.0858. The molecular weight excluding hydrogens is 452 g/mol. The minimum Gasteiger partial charge on any atom is -0.361 e. The number of aromatic nitrogens is 1. The Morgan fingerprint density at radius 1 is 0.971 bits per heavy atom. The first-order chi connectivity index (χ1) is 16.2. The van der Waals surface area contributed by atoms with Gasteiger partial charge in [0.05, 0.1) is 5.56 Å². The number of carbonyl (C=O) groups excluding carboxylic acids is 2. The van der Waals surface area contributed by atoms with Crippen LogP contribution in [0.3, 0.4) is 0 Å². The summed E-state index contributed by atoms with van der Waals surface area (Å²) >= 11 is 0. The van der Waals surface area contributed by atoms with Crippen LogP contribution in [0, 0.1) is 26.7 Å². The van der Waals surface area contributed by atoms with Gasteiger partial charge in [-0.1, -0.05) is 12.1 Å². The largest absolute Gasteiger partial charge is 0.361 e. The molecule has 0 radical (unpaired) electrons. The summed E-state index contributed by atoms with van der Waals surface area (Å²) in [7, 11) is -3.88. The van der Waals surface area contributed by atoms with E-state index in [0.717, 1.165) is 30.5 Å². The highest BCUT2D eigenvalue weighted by Gasteiger charge is 2.38. The molecule has 2 amide bonds. The van der Waals surface area contributed by atoms with Crippen LogP contribution in [0.1, 0.15) is 59.4 Å². The number of nitrogens with zero attached hydrogens (tertiary/aromatic N) is 2. The van der Waals surface area contributed by atoms with Gasteiger partial charge in [-0.25, -0.2) is 8.42 Å².